The first-order valence-corrected chi connectivity index (χ1v) is 9.10. The van der Waals surface area contributed by atoms with Crippen molar-refractivity contribution in [3.05, 3.63) is 70.7 Å². The lowest BCUT2D eigenvalue weighted by Gasteiger charge is -2.25. The van der Waals surface area contributed by atoms with Gasteiger partial charge in [0.05, 0.1) is 5.69 Å². The van der Waals surface area contributed by atoms with Gasteiger partial charge in [-0.15, -0.1) is 11.3 Å². The zero-order valence-electron chi connectivity index (χ0n) is 14.9. The SMILES string of the molecule is Cc1nc(-c2ccc(F)cc2)sc1C(=O)NCC(C)(C)c1ccncc1. The van der Waals surface area contributed by atoms with Crippen LogP contribution in [0.5, 0.6) is 0 Å². The van der Waals surface area contributed by atoms with Crippen LogP contribution in [0.25, 0.3) is 10.6 Å². The Morgan fingerprint density at radius 2 is 1.81 bits per heavy atom. The van der Waals surface area contributed by atoms with Gasteiger partial charge in [-0.2, -0.15) is 0 Å². The highest BCUT2D eigenvalue weighted by Gasteiger charge is 2.23. The molecule has 1 N–H and O–H groups in total. The Balaban J connectivity index is 1.73. The predicted molar refractivity (Wildman–Crippen MR) is 102 cm³/mol. The van der Waals surface area contributed by atoms with E-state index in [9.17, 15) is 9.18 Å². The third-order valence-electron chi connectivity index (χ3n) is 4.25. The Morgan fingerprint density at radius 3 is 2.46 bits per heavy atom. The van der Waals surface area contributed by atoms with Crippen LogP contribution in [0.4, 0.5) is 4.39 Å². The van der Waals surface area contributed by atoms with Gasteiger partial charge in [0, 0.05) is 29.9 Å². The average Bonchev–Trinajstić information content (AvgIpc) is 3.03. The van der Waals surface area contributed by atoms with Crippen molar-refractivity contribution in [2.24, 2.45) is 0 Å². The number of aryl methyl sites for hydroxylation is 1. The second-order valence-electron chi connectivity index (χ2n) is 6.74. The number of carbonyl (C=O) groups excluding carboxylic acids is 1. The average molecular weight is 369 g/mol. The summed E-state index contributed by atoms with van der Waals surface area (Å²) in [4.78, 5) is 21.7. The highest BCUT2D eigenvalue weighted by atomic mass is 32.1. The quantitative estimate of drug-likeness (QED) is 0.727. The van der Waals surface area contributed by atoms with Gasteiger partial charge in [0.2, 0.25) is 0 Å². The third-order valence-corrected chi connectivity index (χ3v) is 5.45. The molecule has 0 saturated heterocycles. The molecular formula is C20H20FN3OS. The second-order valence-corrected chi connectivity index (χ2v) is 7.74. The maximum Gasteiger partial charge on any atom is 0.263 e. The van der Waals surface area contributed by atoms with E-state index in [1.165, 1.54) is 23.5 Å². The number of nitrogens with one attached hydrogen (secondary N) is 1. The molecule has 0 unspecified atom stereocenters. The number of carbonyl (C=O) groups is 1. The summed E-state index contributed by atoms with van der Waals surface area (Å²) in [5.41, 5.74) is 2.38. The summed E-state index contributed by atoms with van der Waals surface area (Å²) < 4.78 is 13.1. The van der Waals surface area contributed by atoms with Gasteiger partial charge in [0.25, 0.3) is 5.91 Å². The summed E-state index contributed by atoms with van der Waals surface area (Å²) in [5.74, 6) is -0.436. The fourth-order valence-corrected chi connectivity index (χ4v) is 3.60. The van der Waals surface area contributed by atoms with Crippen LogP contribution in [-0.2, 0) is 5.41 Å². The van der Waals surface area contributed by atoms with E-state index >= 15 is 0 Å². The van der Waals surface area contributed by atoms with E-state index in [1.807, 2.05) is 19.1 Å². The molecular weight excluding hydrogens is 349 g/mol. The van der Waals surface area contributed by atoms with Crippen LogP contribution in [0.15, 0.2) is 48.8 Å². The van der Waals surface area contributed by atoms with E-state index in [0.717, 1.165) is 11.1 Å². The number of benzene rings is 1. The molecule has 0 atom stereocenters. The highest BCUT2D eigenvalue weighted by molar-refractivity contribution is 7.17. The van der Waals surface area contributed by atoms with E-state index in [4.69, 9.17) is 0 Å². The lowest BCUT2D eigenvalue weighted by Crippen LogP contribution is -2.36. The van der Waals surface area contributed by atoms with E-state index < -0.39 is 0 Å². The standard InChI is InChI=1S/C20H20FN3OS/c1-13-17(26-19(24-13)14-4-6-16(21)7-5-14)18(25)23-12-20(2,3)15-8-10-22-11-9-15/h4-11H,12H2,1-3H3,(H,23,25). The Bertz CT molecular complexity index is 905. The van der Waals surface area contributed by atoms with Crippen molar-refractivity contribution in [3.8, 4) is 10.6 Å². The van der Waals surface area contributed by atoms with Crippen molar-refractivity contribution in [1.82, 2.24) is 15.3 Å². The van der Waals surface area contributed by atoms with Crippen LogP contribution in [0, 0.1) is 12.7 Å². The Hall–Kier alpha value is -2.60. The summed E-state index contributed by atoms with van der Waals surface area (Å²) in [6.07, 6.45) is 3.50. The first kappa shape index (κ1) is 18.2. The molecule has 2 heterocycles. The fraction of sp³-hybridized carbons (Fsp3) is 0.250. The molecule has 0 bridgehead atoms. The largest absolute Gasteiger partial charge is 0.350 e. The van der Waals surface area contributed by atoms with E-state index in [-0.39, 0.29) is 17.1 Å². The molecule has 3 rings (SSSR count). The van der Waals surface area contributed by atoms with Gasteiger partial charge < -0.3 is 5.32 Å². The smallest absolute Gasteiger partial charge is 0.263 e. The first-order valence-electron chi connectivity index (χ1n) is 8.29. The topological polar surface area (TPSA) is 54.9 Å². The Morgan fingerprint density at radius 1 is 1.15 bits per heavy atom. The van der Waals surface area contributed by atoms with Crippen molar-refractivity contribution >= 4 is 17.2 Å². The lowest BCUT2D eigenvalue weighted by atomic mass is 9.85. The van der Waals surface area contributed by atoms with E-state index in [0.29, 0.717) is 22.1 Å². The normalized spacial score (nSPS) is 11.4. The summed E-state index contributed by atoms with van der Waals surface area (Å²) in [7, 11) is 0. The minimum absolute atomic E-state index is 0.143. The maximum absolute atomic E-state index is 13.1. The molecule has 0 spiro atoms. The van der Waals surface area contributed by atoms with Gasteiger partial charge in [-0.25, -0.2) is 9.37 Å². The van der Waals surface area contributed by atoms with Gasteiger partial charge in [-0.05, 0) is 48.9 Å². The van der Waals surface area contributed by atoms with Crippen LogP contribution in [0.1, 0.15) is 34.8 Å². The number of pyridine rings is 1. The molecule has 3 aromatic rings. The molecule has 134 valence electrons. The van der Waals surface area contributed by atoms with Gasteiger partial charge in [0.1, 0.15) is 15.7 Å². The van der Waals surface area contributed by atoms with Crippen LogP contribution >= 0.6 is 11.3 Å². The molecule has 0 aliphatic heterocycles. The Kier molecular flexibility index (Phi) is 5.13. The summed E-state index contributed by atoms with van der Waals surface area (Å²) in [6, 6.07) is 10.0. The molecule has 2 aromatic heterocycles. The van der Waals surface area contributed by atoms with Gasteiger partial charge in [-0.1, -0.05) is 13.8 Å². The number of thiazole rings is 1. The zero-order chi connectivity index (χ0) is 18.7. The predicted octanol–water partition coefficient (Wildman–Crippen LogP) is 4.36. The van der Waals surface area contributed by atoms with Gasteiger partial charge in [-0.3, -0.25) is 9.78 Å². The molecule has 1 amide bonds. The summed E-state index contributed by atoms with van der Waals surface area (Å²) in [6.45, 7) is 6.46. The minimum Gasteiger partial charge on any atom is -0.350 e. The van der Waals surface area contributed by atoms with Crippen molar-refractivity contribution in [2.45, 2.75) is 26.2 Å². The fourth-order valence-electron chi connectivity index (χ4n) is 2.61. The molecule has 0 radical (unpaired) electrons. The second kappa shape index (κ2) is 7.33. The number of nitrogens with zero attached hydrogens (tertiary/aromatic N) is 2. The van der Waals surface area contributed by atoms with Crippen LogP contribution in [0.2, 0.25) is 0 Å². The number of halogens is 1. The molecule has 26 heavy (non-hydrogen) atoms. The van der Waals surface area contributed by atoms with Crippen LogP contribution in [-0.4, -0.2) is 22.4 Å². The minimum atomic E-state index is -0.293. The Labute approximate surface area is 156 Å². The van der Waals surface area contributed by atoms with E-state index in [2.05, 4.69) is 29.1 Å². The lowest BCUT2D eigenvalue weighted by molar-refractivity contribution is 0.0949. The van der Waals surface area contributed by atoms with E-state index in [1.54, 1.807) is 24.5 Å². The van der Waals surface area contributed by atoms with Crippen LogP contribution in [0.3, 0.4) is 0 Å². The van der Waals surface area contributed by atoms with Gasteiger partial charge >= 0.3 is 0 Å². The summed E-state index contributed by atoms with van der Waals surface area (Å²) in [5, 5.41) is 3.71. The molecule has 6 heteroatoms. The third kappa shape index (κ3) is 3.96. The number of hydrogen-bond acceptors (Lipinski definition) is 4. The van der Waals surface area contributed by atoms with Gasteiger partial charge in [0.15, 0.2) is 0 Å². The highest BCUT2D eigenvalue weighted by Crippen LogP contribution is 2.28. The maximum atomic E-state index is 13.1. The number of aromatic nitrogens is 2. The molecule has 0 aliphatic carbocycles. The molecule has 0 fully saturated rings. The van der Waals surface area contributed by atoms with Crippen molar-refractivity contribution in [1.29, 1.82) is 0 Å². The molecule has 4 nitrogen and oxygen atoms in total. The molecule has 1 aromatic carbocycles. The monoisotopic (exact) mass is 369 g/mol. The number of rotatable bonds is 5. The van der Waals surface area contributed by atoms with Crippen LogP contribution < -0.4 is 5.32 Å². The summed E-state index contributed by atoms with van der Waals surface area (Å²) >= 11 is 1.32. The molecule has 0 saturated carbocycles. The number of amides is 1. The zero-order valence-corrected chi connectivity index (χ0v) is 15.7. The van der Waals surface area contributed by atoms with Crippen molar-refractivity contribution in [2.75, 3.05) is 6.54 Å². The first-order chi connectivity index (χ1) is 12.4. The molecule has 0 aliphatic rings. The number of hydrogen-bond donors (Lipinski definition) is 1. The van der Waals surface area contributed by atoms with Crippen molar-refractivity contribution < 1.29 is 9.18 Å². The van der Waals surface area contributed by atoms with Crippen molar-refractivity contribution in [3.63, 3.8) is 0 Å².